The zero-order valence-corrected chi connectivity index (χ0v) is 14.8. The van der Waals surface area contributed by atoms with Crippen molar-refractivity contribution in [3.05, 3.63) is 70.3 Å². The molecule has 3 amide bonds. The highest BCUT2D eigenvalue weighted by molar-refractivity contribution is 8.15. The predicted octanol–water partition coefficient (Wildman–Crippen LogP) is 3.19. The van der Waals surface area contributed by atoms with Crippen LogP contribution in [0.15, 0.2) is 54.6 Å². The average Bonchev–Trinajstić information content (AvgIpc) is 2.90. The highest BCUT2D eigenvalue weighted by Crippen LogP contribution is 2.30. The van der Waals surface area contributed by atoms with Crippen LogP contribution in [0.4, 0.5) is 16.2 Å². The molecule has 0 aromatic heterocycles. The number of benzene rings is 2. The van der Waals surface area contributed by atoms with Gasteiger partial charge in [0.25, 0.3) is 10.9 Å². The first-order chi connectivity index (χ1) is 12.9. The lowest BCUT2D eigenvalue weighted by molar-refractivity contribution is -0.384. The van der Waals surface area contributed by atoms with E-state index in [0.717, 1.165) is 22.2 Å². The molecule has 1 N–H and O–H groups in total. The normalized spacial score (nSPS) is 16.4. The summed E-state index contributed by atoms with van der Waals surface area (Å²) in [4.78, 5) is 48.0. The third kappa shape index (κ3) is 4.50. The fourth-order valence-corrected chi connectivity index (χ4v) is 3.57. The van der Waals surface area contributed by atoms with E-state index in [0.29, 0.717) is 5.69 Å². The molecule has 138 valence electrons. The standard InChI is InChI=1S/C18H15N3O5S/c22-16(19-13-6-8-14(9-7-13)21(25)26)10-15-17(23)20(18(24)27-15)11-12-4-2-1-3-5-12/h1-9,15H,10-11H2,(H,19,22). The zero-order chi connectivity index (χ0) is 19.4. The smallest absolute Gasteiger partial charge is 0.289 e. The minimum absolute atomic E-state index is 0.0864. The molecule has 27 heavy (non-hydrogen) atoms. The van der Waals surface area contributed by atoms with Crippen LogP contribution >= 0.6 is 11.8 Å². The second kappa shape index (κ2) is 8.00. The molecular weight excluding hydrogens is 370 g/mol. The molecule has 2 aromatic carbocycles. The third-order valence-corrected chi connectivity index (χ3v) is 5.00. The Morgan fingerprint density at radius 1 is 1.11 bits per heavy atom. The highest BCUT2D eigenvalue weighted by Gasteiger charge is 2.40. The summed E-state index contributed by atoms with van der Waals surface area (Å²) in [5.74, 6) is -0.836. The molecule has 9 heteroatoms. The van der Waals surface area contributed by atoms with Crippen LogP contribution in [0.5, 0.6) is 0 Å². The molecule has 3 rings (SSSR count). The monoisotopic (exact) mass is 385 g/mol. The fourth-order valence-electron chi connectivity index (χ4n) is 2.58. The van der Waals surface area contributed by atoms with Crippen molar-refractivity contribution in [2.75, 3.05) is 5.32 Å². The largest absolute Gasteiger partial charge is 0.326 e. The molecule has 1 atom stereocenters. The summed E-state index contributed by atoms with van der Waals surface area (Å²) < 4.78 is 0. The molecule has 0 aliphatic carbocycles. The van der Waals surface area contributed by atoms with Crippen LogP contribution in [-0.4, -0.2) is 32.1 Å². The first kappa shape index (κ1) is 18.6. The van der Waals surface area contributed by atoms with Gasteiger partial charge in [0.2, 0.25) is 11.8 Å². The summed E-state index contributed by atoms with van der Waals surface area (Å²) in [6, 6.07) is 14.5. The molecular formula is C18H15N3O5S. The Balaban J connectivity index is 1.58. The van der Waals surface area contributed by atoms with Crippen molar-refractivity contribution in [2.45, 2.75) is 18.2 Å². The van der Waals surface area contributed by atoms with E-state index in [1.165, 1.54) is 24.3 Å². The van der Waals surface area contributed by atoms with Crippen LogP contribution < -0.4 is 5.32 Å². The molecule has 1 heterocycles. The number of carbonyl (C=O) groups is 3. The maximum absolute atomic E-state index is 12.5. The number of carbonyl (C=O) groups excluding carboxylic acids is 3. The fraction of sp³-hybridized carbons (Fsp3) is 0.167. The second-order valence-electron chi connectivity index (χ2n) is 5.84. The van der Waals surface area contributed by atoms with Crippen LogP contribution in [0.2, 0.25) is 0 Å². The van der Waals surface area contributed by atoms with Crippen LogP contribution in [0.1, 0.15) is 12.0 Å². The van der Waals surface area contributed by atoms with E-state index in [1.54, 1.807) is 0 Å². The summed E-state index contributed by atoms with van der Waals surface area (Å²) in [5, 5.41) is 12.1. The van der Waals surface area contributed by atoms with Crippen molar-refractivity contribution in [1.29, 1.82) is 0 Å². The highest BCUT2D eigenvalue weighted by atomic mass is 32.2. The van der Waals surface area contributed by atoms with E-state index in [4.69, 9.17) is 0 Å². The van der Waals surface area contributed by atoms with E-state index in [-0.39, 0.29) is 23.9 Å². The Kier molecular flexibility index (Phi) is 5.51. The van der Waals surface area contributed by atoms with Gasteiger partial charge < -0.3 is 5.32 Å². The summed E-state index contributed by atoms with van der Waals surface area (Å²) in [6.45, 7) is 0.173. The van der Waals surface area contributed by atoms with E-state index in [1.807, 2.05) is 30.3 Å². The van der Waals surface area contributed by atoms with Gasteiger partial charge in [0.1, 0.15) is 5.25 Å². The minimum atomic E-state index is -0.778. The van der Waals surface area contributed by atoms with Crippen LogP contribution in [0, 0.1) is 10.1 Å². The number of hydrogen-bond acceptors (Lipinski definition) is 6. The maximum Gasteiger partial charge on any atom is 0.289 e. The van der Waals surface area contributed by atoms with Gasteiger partial charge in [-0.05, 0) is 17.7 Å². The number of nitrogens with zero attached hydrogens (tertiary/aromatic N) is 2. The topological polar surface area (TPSA) is 110 Å². The maximum atomic E-state index is 12.5. The summed E-state index contributed by atoms with van der Waals surface area (Å²) in [5.41, 5.74) is 1.13. The number of rotatable bonds is 6. The predicted molar refractivity (Wildman–Crippen MR) is 100 cm³/mol. The van der Waals surface area contributed by atoms with Gasteiger partial charge in [-0.25, -0.2) is 0 Å². The average molecular weight is 385 g/mol. The van der Waals surface area contributed by atoms with E-state index in [9.17, 15) is 24.5 Å². The lowest BCUT2D eigenvalue weighted by atomic mass is 10.2. The first-order valence-corrected chi connectivity index (χ1v) is 8.92. The molecule has 1 unspecified atom stereocenters. The number of hydrogen-bond donors (Lipinski definition) is 1. The zero-order valence-electron chi connectivity index (χ0n) is 14.0. The molecule has 0 radical (unpaired) electrons. The Morgan fingerprint density at radius 3 is 2.41 bits per heavy atom. The summed E-state index contributed by atoms with van der Waals surface area (Å²) >= 11 is 0.834. The van der Waals surface area contributed by atoms with E-state index < -0.39 is 22.0 Å². The second-order valence-corrected chi connectivity index (χ2v) is 6.99. The Hall–Kier alpha value is -3.20. The number of anilines is 1. The molecule has 2 aromatic rings. The number of nitro benzene ring substituents is 1. The lowest BCUT2D eigenvalue weighted by Gasteiger charge is -2.13. The lowest BCUT2D eigenvalue weighted by Crippen LogP contribution is -2.32. The summed E-state index contributed by atoms with van der Waals surface area (Å²) in [7, 11) is 0. The molecule has 1 aliphatic rings. The number of nitrogens with one attached hydrogen (secondary N) is 1. The Morgan fingerprint density at radius 2 is 1.78 bits per heavy atom. The third-order valence-electron chi connectivity index (χ3n) is 3.92. The van der Waals surface area contributed by atoms with Gasteiger partial charge in [-0.1, -0.05) is 42.1 Å². The van der Waals surface area contributed by atoms with Crippen LogP contribution in [0.3, 0.4) is 0 Å². The summed E-state index contributed by atoms with van der Waals surface area (Å²) in [6.07, 6.45) is -0.155. The van der Waals surface area contributed by atoms with Gasteiger partial charge in [-0.2, -0.15) is 0 Å². The van der Waals surface area contributed by atoms with Crippen molar-refractivity contribution in [3.63, 3.8) is 0 Å². The SMILES string of the molecule is O=C(CC1SC(=O)N(Cc2ccccc2)C1=O)Nc1ccc([N+](=O)[O-])cc1. The molecule has 1 aliphatic heterocycles. The van der Waals surface area contributed by atoms with Gasteiger partial charge in [-0.3, -0.25) is 29.4 Å². The number of thioether (sulfide) groups is 1. The van der Waals surface area contributed by atoms with Gasteiger partial charge in [0.15, 0.2) is 0 Å². The van der Waals surface area contributed by atoms with Crippen molar-refractivity contribution >= 4 is 40.2 Å². The molecule has 1 fully saturated rings. The van der Waals surface area contributed by atoms with Crippen molar-refractivity contribution in [1.82, 2.24) is 4.90 Å². The number of non-ortho nitro benzene ring substituents is 1. The van der Waals surface area contributed by atoms with Gasteiger partial charge in [0.05, 0.1) is 11.5 Å². The van der Waals surface area contributed by atoms with Gasteiger partial charge >= 0.3 is 0 Å². The van der Waals surface area contributed by atoms with Crippen LogP contribution in [-0.2, 0) is 16.1 Å². The molecule has 0 saturated carbocycles. The minimum Gasteiger partial charge on any atom is -0.326 e. The molecule has 0 bridgehead atoms. The Bertz CT molecular complexity index is 886. The molecule has 0 spiro atoms. The van der Waals surface area contributed by atoms with Crippen molar-refractivity contribution in [3.8, 4) is 0 Å². The number of imide groups is 1. The Labute approximate surface area is 158 Å². The van der Waals surface area contributed by atoms with Crippen molar-refractivity contribution < 1.29 is 19.3 Å². The number of nitro groups is 1. The number of amides is 3. The van der Waals surface area contributed by atoms with Crippen molar-refractivity contribution in [2.24, 2.45) is 0 Å². The first-order valence-electron chi connectivity index (χ1n) is 8.04. The van der Waals surface area contributed by atoms with E-state index in [2.05, 4.69) is 5.32 Å². The van der Waals surface area contributed by atoms with E-state index >= 15 is 0 Å². The quantitative estimate of drug-likeness (QED) is 0.604. The molecule has 1 saturated heterocycles. The van der Waals surface area contributed by atoms with Gasteiger partial charge in [-0.15, -0.1) is 0 Å². The van der Waals surface area contributed by atoms with Gasteiger partial charge in [0, 0.05) is 24.2 Å². The molecule has 8 nitrogen and oxygen atoms in total. The van der Waals surface area contributed by atoms with Crippen LogP contribution in [0.25, 0.3) is 0 Å².